The summed E-state index contributed by atoms with van der Waals surface area (Å²) in [6.45, 7) is 3.52. The molecule has 0 aromatic heterocycles. The zero-order valence-corrected chi connectivity index (χ0v) is 13.1. The maximum Gasteiger partial charge on any atom is 0.0574 e. The summed E-state index contributed by atoms with van der Waals surface area (Å²) in [5, 5.41) is 3.46. The molecule has 0 saturated carbocycles. The van der Waals surface area contributed by atoms with Gasteiger partial charge in [-0.15, -0.1) is 0 Å². The monoisotopic (exact) mass is 359 g/mol. The first kappa shape index (κ1) is 13.9. The van der Waals surface area contributed by atoms with E-state index in [2.05, 4.69) is 52.0 Å². The highest BCUT2D eigenvalue weighted by Gasteiger charge is 2.15. The van der Waals surface area contributed by atoms with Gasteiger partial charge in [-0.2, -0.15) is 0 Å². The number of piperidine rings is 1. The maximum atomic E-state index is 5.98. The summed E-state index contributed by atoms with van der Waals surface area (Å²) in [4.78, 5) is 2.42. The smallest absolute Gasteiger partial charge is 0.0574 e. The van der Waals surface area contributed by atoms with Crippen molar-refractivity contribution in [2.45, 2.75) is 19.3 Å². The molecule has 0 unspecified atom stereocenters. The molecule has 4 heteroatoms. The molecule has 100 valence electrons. The lowest BCUT2D eigenvalue weighted by molar-refractivity contribution is 0.215. The minimum Gasteiger partial charge on any atom is -0.397 e. The Balaban J connectivity index is 1.75. The SMILES string of the molecule is CN1CCC(CCNc2ccc(I)cc2N)CC1. The first-order chi connectivity index (χ1) is 8.65. The van der Waals surface area contributed by atoms with Gasteiger partial charge in [-0.1, -0.05) is 0 Å². The topological polar surface area (TPSA) is 41.3 Å². The Labute approximate surface area is 123 Å². The van der Waals surface area contributed by atoms with Gasteiger partial charge in [-0.25, -0.2) is 0 Å². The van der Waals surface area contributed by atoms with E-state index in [0.717, 1.165) is 23.8 Å². The largest absolute Gasteiger partial charge is 0.397 e. The van der Waals surface area contributed by atoms with Crippen LogP contribution < -0.4 is 11.1 Å². The van der Waals surface area contributed by atoms with E-state index in [9.17, 15) is 0 Å². The number of halogens is 1. The number of nitrogen functional groups attached to an aromatic ring is 1. The first-order valence-electron chi connectivity index (χ1n) is 6.62. The van der Waals surface area contributed by atoms with Gasteiger partial charge >= 0.3 is 0 Å². The second kappa shape index (κ2) is 6.61. The summed E-state index contributed by atoms with van der Waals surface area (Å²) < 4.78 is 1.19. The van der Waals surface area contributed by atoms with Crippen LogP contribution in [-0.4, -0.2) is 31.6 Å². The lowest BCUT2D eigenvalue weighted by Gasteiger charge is -2.29. The van der Waals surface area contributed by atoms with Crippen LogP contribution in [0.1, 0.15) is 19.3 Å². The molecule has 0 aliphatic carbocycles. The molecule has 1 aliphatic heterocycles. The van der Waals surface area contributed by atoms with Crippen LogP contribution in [0.5, 0.6) is 0 Å². The molecule has 0 bridgehead atoms. The Morgan fingerprint density at radius 1 is 1.39 bits per heavy atom. The van der Waals surface area contributed by atoms with Crippen molar-refractivity contribution in [1.82, 2.24) is 4.90 Å². The number of benzene rings is 1. The Kier molecular flexibility index (Phi) is 5.12. The Morgan fingerprint density at radius 2 is 2.11 bits per heavy atom. The lowest BCUT2D eigenvalue weighted by Crippen LogP contribution is -2.30. The Hall–Kier alpha value is -0.490. The van der Waals surface area contributed by atoms with Gasteiger partial charge < -0.3 is 16.0 Å². The second-order valence-electron chi connectivity index (χ2n) is 5.19. The van der Waals surface area contributed by atoms with Gasteiger partial charge in [-0.05, 0) is 86.1 Å². The Bertz CT molecular complexity index is 387. The predicted octanol–water partition coefficient (Wildman–Crippen LogP) is 3.02. The molecule has 1 heterocycles. The zero-order chi connectivity index (χ0) is 13.0. The average molecular weight is 359 g/mol. The fraction of sp³-hybridized carbons (Fsp3) is 0.571. The minimum atomic E-state index is 0.852. The second-order valence-corrected chi connectivity index (χ2v) is 6.44. The molecule has 1 aromatic rings. The molecule has 1 aliphatic rings. The third-order valence-corrected chi connectivity index (χ3v) is 4.39. The summed E-state index contributed by atoms with van der Waals surface area (Å²) in [5.41, 5.74) is 7.91. The number of nitrogens with zero attached hydrogens (tertiary/aromatic N) is 1. The summed E-state index contributed by atoms with van der Waals surface area (Å²) in [7, 11) is 2.21. The van der Waals surface area contributed by atoms with Gasteiger partial charge in [0.05, 0.1) is 11.4 Å². The van der Waals surface area contributed by atoms with Crippen LogP contribution in [0.2, 0.25) is 0 Å². The zero-order valence-electron chi connectivity index (χ0n) is 11.0. The molecular formula is C14H22IN3. The fourth-order valence-corrected chi connectivity index (χ4v) is 2.97. The van der Waals surface area contributed by atoms with Gasteiger partial charge in [0.15, 0.2) is 0 Å². The lowest BCUT2D eigenvalue weighted by atomic mass is 9.94. The molecule has 1 saturated heterocycles. The van der Waals surface area contributed by atoms with Crippen molar-refractivity contribution in [3.05, 3.63) is 21.8 Å². The van der Waals surface area contributed by atoms with Crippen LogP contribution in [0.25, 0.3) is 0 Å². The van der Waals surface area contributed by atoms with Crippen molar-refractivity contribution >= 4 is 34.0 Å². The molecule has 1 fully saturated rings. The van der Waals surface area contributed by atoms with E-state index in [1.165, 1.54) is 35.9 Å². The predicted molar refractivity (Wildman–Crippen MR) is 86.9 cm³/mol. The van der Waals surface area contributed by atoms with E-state index in [0.29, 0.717) is 0 Å². The average Bonchev–Trinajstić information content (AvgIpc) is 2.34. The highest BCUT2D eigenvalue weighted by Crippen LogP contribution is 2.23. The highest BCUT2D eigenvalue weighted by molar-refractivity contribution is 14.1. The van der Waals surface area contributed by atoms with Gasteiger partial charge in [-0.3, -0.25) is 0 Å². The maximum absolute atomic E-state index is 5.98. The standard InChI is InChI=1S/C14H22IN3/c1-18-8-5-11(6-9-18)4-7-17-14-3-2-12(15)10-13(14)16/h2-3,10-11,17H,4-9,16H2,1H3. The van der Waals surface area contributed by atoms with Crippen molar-refractivity contribution in [3.63, 3.8) is 0 Å². The van der Waals surface area contributed by atoms with E-state index in [4.69, 9.17) is 5.73 Å². The van der Waals surface area contributed by atoms with Crippen molar-refractivity contribution in [2.24, 2.45) is 5.92 Å². The molecule has 1 aromatic carbocycles. The molecule has 0 atom stereocenters. The summed E-state index contributed by atoms with van der Waals surface area (Å²) >= 11 is 2.28. The van der Waals surface area contributed by atoms with Crippen LogP contribution >= 0.6 is 22.6 Å². The number of rotatable bonds is 4. The van der Waals surface area contributed by atoms with E-state index < -0.39 is 0 Å². The van der Waals surface area contributed by atoms with Crippen LogP contribution in [0, 0.1) is 9.49 Å². The van der Waals surface area contributed by atoms with Gasteiger partial charge in [0.1, 0.15) is 0 Å². The highest BCUT2D eigenvalue weighted by atomic mass is 127. The van der Waals surface area contributed by atoms with Crippen LogP contribution in [0.15, 0.2) is 18.2 Å². The third-order valence-electron chi connectivity index (χ3n) is 3.72. The molecule has 0 amide bonds. The van der Waals surface area contributed by atoms with Crippen molar-refractivity contribution in [2.75, 3.05) is 37.7 Å². The van der Waals surface area contributed by atoms with Gasteiger partial charge in [0.25, 0.3) is 0 Å². The molecule has 3 nitrogen and oxygen atoms in total. The van der Waals surface area contributed by atoms with E-state index in [-0.39, 0.29) is 0 Å². The quantitative estimate of drug-likeness (QED) is 0.642. The van der Waals surface area contributed by atoms with Crippen LogP contribution in [0.4, 0.5) is 11.4 Å². The van der Waals surface area contributed by atoms with Crippen molar-refractivity contribution in [3.8, 4) is 0 Å². The third kappa shape index (κ3) is 4.02. The summed E-state index contributed by atoms with van der Waals surface area (Å²) in [6, 6.07) is 6.18. The molecule has 0 radical (unpaired) electrons. The van der Waals surface area contributed by atoms with Crippen molar-refractivity contribution < 1.29 is 0 Å². The normalized spacial score (nSPS) is 17.9. The number of nitrogens with one attached hydrogen (secondary N) is 1. The molecule has 2 rings (SSSR count). The minimum absolute atomic E-state index is 0.852. The Morgan fingerprint density at radius 3 is 2.78 bits per heavy atom. The number of nitrogens with two attached hydrogens (primary N) is 1. The van der Waals surface area contributed by atoms with E-state index >= 15 is 0 Å². The number of likely N-dealkylation sites (tertiary alicyclic amines) is 1. The van der Waals surface area contributed by atoms with Gasteiger partial charge in [0, 0.05) is 10.1 Å². The van der Waals surface area contributed by atoms with Crippen molar-refractivity contribution in [1.29, 1.82) is 0 Å². The summed E-state index contributed by atoms with van der Waals surface area (Å²) in [5.74, 6) is 0.874. The molecule has 0 spiro atoms. The number of hydrogen-bond acceptors (Lipinski definition) is 3. The fourth-order valence-electron chi connectivity index (χ4n) is 2.46. The first-order valence-corrected chi connectivity index (χ1v) is 7.70. The molecule has 18 heavy (non-hydrogen) atoms. The van der Waals surface area contributed by atoms with Crippen LogP contribution in [0.3, 0.4) is 0 Å². The van der Waals surface area contributed by atoms with E-state index in [1.54, 1.807) is 0 Å². The number of anilines is 2. The van der Waals surface area contributed by atoms with Crippen LogP contribution in [-0.2, 0) is 0 Å². The van der Waals surface area contributed by atoms with E-state index in [1.807, 2.05) is 6.07 Å². The van der Waals surface area contributed by atoms with Gasteiger partial charge in [0.2, 0.25) is 0 Å². The molecular weight excluding hydrogens is 337 g/mol. The molecule has 3 N–H and O–H groups in total. The summed E-state index contributed by atoms with van der Waals surface area (Å²) in [6.07, 6.45) is 3.92. The number of hydrogen-bond donors (Lipinski definition) is 2.